The Morgan fingerprint density at radius 3 is 2.34 bits per heavy atom. The maximum Gasteiger partial charge on any atom is 0.323 e. The van der Waals surface area contributed by atoms with Crippen LogP contribution in [0.1, 0.15) is 21.5 Å². The Bertz CT molecular complexity index is 1370. The molecule has 35 heavy (non-hydrogen) atoms. The number of carboxylic acid groups (broad SMARTS) is 1. The maximum atomic E-state index is 13.7. The Morgan fingerprint density at radius 1 is 1.03 bits per heavy atom. The van der Waals surface area contributed by atoms with E-state index in [0.29, 0.717) is 22.6 Å². The van der Waals surface area contributed by atoms with E-state index in [1.807, 2.05) is 0 Å². The van der Waals surface area contributed by atoms with Crippen LogP contribution < -0.4 is 9.64 Å². The molecule has 4 rings (SSSR count). The third-order valence-electron chi connectivity index (χ3n) is 5.94. The zero-order valence-corrected chi connectivity index (χ0v) is 20.6. The Balaban J connectivity index is 1.84. The van der Waals surface area contributed by atoms with Gasteiger partial charge in [-0.15, -0.1) is 0 Å². The summed E-state index contributed by atoms with van der Waals surface area (Å²) >= 11 is 6.34. The van der Waals surface area contributed by atoms with Gasteiger partial charge in [-0.1, -0.05) is 41.9 Å². The van der Waals surface area contributed by atoms with Crippen LogP contribution in [0.15, 0.2) is 71.6 Å². The lowest BCUT2D eigenvalue weighted by molar-refractivity contribution is -0.141. The normalized spacial score (nSPS) is 16.3. The number of sulfonamides is 1. The summed E-state index contributed by atoms with van der Waals surface area (Å²) in [6.07, 6.45) is 0. The largest absolute Gasteiger partial charge is 0.497 e. The standard InChI is InChI=1S/C25H23ClN2O6S/c1-16-6-5-8-20(26)23(16)24(29)27-15-22(25(30)31)28(14-17-7-3-4-9-21(17)27)35(32,33)19-12-10-18(34-2)11-13-19/h3-13,22H,14-15H2,1-2H3,(H,30,31). The summed E-state index contributed by atoms with van der Waals surface area (Å²) in [5.41, 5.74) is 1.78. The van der Waals surface area contributed by atoms with Crippen molar-refractivity contribution in [3.05, 3.63) is 88.4 Å². The molecule has 3 aromatic carbocycles. The molecule has 182 valence electrons. The number of hydrogen-bond acceptors (Lipinski definition) is 5. The fraction of sp³-hybridized carbons (Fsp3) is 0.200. The molecule has 1 heterocycles. The lowest BCUT2D eigenvalue weighted by atomic mass is 10.1. The average molecular weight is 515 g/mol. The van der Waals surface area contributed by atoms with Gasteiger partial charge in [-0.3, -0.25) is 9.59 Å². The van der Waals surface area contributed by atoms with Gasteiger partial charge in [-0.2, -0.15) is 4.31 Å². The predicted molar refractivity (Wildman–Crippen MR) is 131 cm³/mol. The molecule has 8 nitrogen and oxygen atoms in total. The number of ether oxygens (including phenoxy) is 1. The molecule has 0 radical (unpaired) electrons. The van der Waals surface area contributed by atoms with Crippen molar-refractivity contribution in [2.75, 3.05) is 18.6 Å². The van der Waals surface area contributed by atoms with E-state index in [-0.39, 0.29) is 22.0 Å². The Morgan fingerprint density at radius 2 is 1.71 bits per heavy atom. The third-order valence-corrected chi connectivity index (χ3v) is 8.13. The number of carboxylic acids is 1. The van der Waals surface area contributed by atoms with Gasteiger partial charge in [0.1, 0.15) is 11.8 Å². The second-order valence-electron chi connectivity index (χ2n) is 8.06. The highest BCUT2D eigenvalue weighted by molar-refractivity contribution is 7.89. The number of halogens is 1. The van der Waals surface area contributed by atoms with Gasteiger partial charge < -0.3 is 14.7 Å². The van der Waals surface area contributed by atoms with Gasteiger partial charge in [-0.25, -0.2) is 8.42 Å². The summed E-state index contributed by atoms with van der Waals surface area (Å²) < 4.78 is 33.2. The molecule has 0 aliphatic carbocycles. The topological polar surface area (TPSA) is 104 Å². The molecule has 1 amide bonds. The van der Waals surface area contributed by atoms with E-state index in [2.05, 4.69) is 0 Å². The van der Waals surface area contributed by atoms with Crippen molar-refractivity contribution in [2.24, 2.45) is 0 Å². The highest BCUT2D eigenvalue weighted by Crippen LogP contribution is 2.34. The minimum atomic E-state index is -4.24. The van der Waals surface area contributed by atoms with Crippen LogP contribution in [-0.2, 0) is 21.4 Å². The molecular formula is C25H23ClN2O6S. The number of fused-ring (bicyclic) bond motifs is 1. The molecule has 0 bridgehead atoms. The number of anilines is 1. The number of methoxy groups -OCH3 is 1. The summed E-state index contributed by atoms with van der Waals surface area (Å²) in [5.74, 6) is -1.41. The van der Waals surface area contributed by atoms with Gasteiger partial charge in [0.25, 0.3) is 5.91 Å². The van der Waals surface area contributed by atoms with Crippen LogP contribution in [-0.4, -0.2) is 49.4 Å². The number of para-hydroxylation sites is 1. The number of aryl methyl sites for hydroxylation is 1. The van der Waals surface area contributed by atoms with E-state index in [0.717, 1.165) is 4.31 Å². The van der Waals surface area contributed by atoms with Crippen LogP contribution in [0.4, 0.5) is 5.69 Å². The number of carbonyl (C=O) groups is 2. The van der Waals surface area contributed by atoms with Crippen LogP contribution >= 0.6 is 11.6 Å². The molecule has 1 atom stereocenters. The van der Waals surface area contributed by atoms with Crippen molar-refractivity contribution in [3.8, 4) is 5.75 Å². The Kier molecular flexibility index (Phi) is 6.84. The van der Waals surface area contributed by atoms with E-state index < -0.39 is 34.5 Å². The lowest BCUT2D eigenvalue weighted by Gasteiger charge is -2.29. The first-order valence-corrected chi connectivity index (χ1v) is 12.5. The Hall–Kier alpha value is -3.40. The number of carbonyl (C=O) groups excluding carboxylic acids is 1. The molecule has 1 aliphatic rings. The highest BCUT2D eigenvalue weighted by Gasteiger charge is 2.42. The van der Waals surface area contributed by atoms with E-state index in [9.17, 15) is 23.1 Å². The molecule has 0 fully saturated rings. The lowest BCUT2D eigenvalue weighted by Crippen LogP contribution is -2.50. The highest BCUT2D eigenvalue weighted by atomic mass is 35.5. The second-order valence-corrected chi connectivity index (χ2v) is 10.4. The molecule has 3 aromatic rings. The first-order chi connectivity index (χ1) is 16.6. The smallest absolute Gasteiger partial charge is 0.323 e. The van der Waals surface area contributed by atoms with Crippen LogP contribution in [0.5, 0.6) is 5.75 Å². The summed E-state index contributed by atoms with van der Waals surface area (Å²) in [4.78, 5) is 27.3. The van der Waals surface area contributed by atoms with Gasteiger partial charge >= 0.3 is 5.97 Å². The van der Waals surface area contributed by atoms with Crippen molar-refractivity contribution in [2.45, 2.75) is 24.4 Å². The number of benzene rings is 3. The minimum absolute atomic E-state index is 0.0799. The summed E-state index contributed by atoms with van der Waals surface area (Å²) in [6, 6.07) is 16.0. The quantitative estimate of drug-likeness (QED) is 0.552. The number of hydrogen-bond donors (Lipinski definition) is 1. The SMILES string of the molecule is COc1ccc(S(=O)(=O)N2Cc3ccccc3N(C(=O)c3c(C)cccc3Cl)CC2C(=O)O)cc1. The molecule has 1 N–H and O–H groups in total. The predicted octanol–water partition coefficient (Wildman–Crippen LogP) is 3.96. The van der Waals surface area contributed by atoms with Gasteiger partial charge in [0.05, 0.1) is 29.1 Å². The fourth-order valence-corrected chi connectivity index (χ4v) is 5.97. The van der Waals surface area contributed by atoms with Crippen LogP contribution in [0.25, 0.3) is 0 Å². The summed E-state index contributed by atoms with van der Waals surface area (Å²) in [6.45, 7) is 1.11. The number of amides is 1. The molecule has 0 aromatic heterocycles. The zero-order chi connectivity index (χ0) is 25.3. The van der Waals surface area contributed by atoms with Crippen molar-refractivity contribution in [1.82, 2.24) is 4.31 Å². The summed E-state index contributed by atoms with van der Waals surface area (Å²) in [7, 11) is -2.78. The first kappa shape index (κ1) is 24.7. The van der Waals surface area contributed by atoms with Gasteiger partial charge in [0, 0.05) is 12.2 Å². The second kappa shape index (κ2) is 9.69. The summed E-state index contributed by atoms with van der Waals surface area (Å²) in [5, 5.41) is 10.3. The van der Waals surface area contributed by atoms with Crippen LogP contribution in [0, 0.1) is 6.92 Å². The molecule has 10 heteroatoms. The van der Waals surface area contributed by atoms with Crippen LogP contribution in [0.2, 0.25) is 5.02 Å². The van der Waals surface area contributed by atoms with Crippen molar-refractivity contribution >= 4 is 39.2 Å². The molecule has 1 unspecified atom stereocenters. The van der Waals surface area contributed by atoms with E-state index >= 15 is 0 Å². The minimum Gasteiger partial charge on any atom is -0.497 e. The zero-order valence-electron chi connectivity index (χ0n) is 19.0. The number of rotatable bonds is 5. The van der Waals surface area contributed by atoms with E-state index in [1.165, 1.54) is 36.3 Å². The van der Waals surface area contributed by atoms with Crippen molar-refractivity contribution < 1.29 is 27.9 Å². The molecule has 0 spiro atoms. The Labute approximate surface area is 208 Å². The molecule has 0 saturated carbocycles. The van der Waals surface area contributed by atoms with Crippen molar-refractivity contribution in [3.63, 3.8) is 0 Å². The molecule has 1 aliphatic heterocycles. The average Bonchev–Trinajstić information content (AvgIpc) is 3.02. The van der Waals surface area contributed by atoms with Gasteiger partial charge in [0.15, 0.2) is 0 Å². The number of nitrogens with zero attached hydrogens (tertiary/aromatic N) is 2. The molecule has 0 saturated heterocycles. The number of aliphatic carboxylic acids is 1. The fourth-order valence-electron chi connectivity index (χ4n) is 4.12. The van der Waals surface area contributed by atoms with E-state index in [1.54, 1.807) is 49.4 Å². The van der Waals surface area contributed by atoms with Crippen LogP contribution in [0.3, 0.4) is 0 Å². The third kappa shape index (κ3) is 4.62. The first-order valence-electron chi connectivity index (χ1n) is 10.7. The van der Waals surface area contributed by atoms with E-state index in [4.69, 9.17) is 16.3 Å². The van der Waals surface area contributed by atoms with Gasteiger partial charge in [-0.05, 0) is 54.4 Å². The monoisotopic (exact) mass is 514 g/mol. The molecular weight excluding hydrogens is 492 g/mol. The van der Waals surface area contributed by atoms with Crippen molar-refractivity contribution in [1.29, 1.82) is 0 Å². The maximum absolute atomic E-state index is 13.7. The van der Waals surface area contributed by atoms with Gasteiger partial charge in [0.2, 0.25) is 10.0 Å².